The SMILES string of the molecule is COC(=O)CCn1cc(Cc2cccnc2)c2c(CCNS(=O)(=O)c3ccc(F)cc3)cccc21. The number of carbonyl (C=O) groups excluding carboxylic acids is 1. The standard InChI is InChI=1S/C26H26FN3O4S/c1-34-25(31)12-15-30-18-21(16-19-4-3-13-28-17-19)26-20(5-2-6-24(26)30)11-14-29-35(32,33)23-9-7-22(27)8-10-23/h2-10,13,17-18,29H,11-12,14-16H2,1H3. The van der Waals surface area contributed by atoms with Crippen LogP contribution in [0, 0.1) is 5.82 Å². The molecule has 0 saturated carbocycles. The number of aryl methyl sites for hydroxylation is 1. The highest BCUT2D eigenvalue weighted by atomic mass is 32.2. The summed E-state index contributed by atoms with van der Waals surface area (Å²) >= 11 is 0. The van der Waals surface area contributed by atoms with E-state index in [2.05, 4.69) is 9.71 Å². The zero-order valence-electron chi connectivity index (χ0n) is 19.3. The first-order valence-corrected chi connectivity index (χ1v) is 12.7. The van der Waals surface area contributed by atoms with Gasteiger partial charge in [0.05, 0.1) is 18.4 Å². The van der Waals surface area contributed by atoms with Crippen LogP contribution in [0.2, 0.25) is 0 Å². The molecule has 0 bridgehead atoms. The summed E-state index contributed by atoms with van der Waals surface area (Å²) in [7, 11) is -2.39. The van der Waals surface area contributed by atoms with E-state index in [0.29, 0.717) is 19.4 Å². The molecule has 4 aromatic rings. The molecule has 0 aliphatic rings. The Morgan fingerprint density at radius 2 is 1.89 bits per heavy atom. The molecule has 0 saturated heterocycles. The first-order chi connectivity index (χ1) is 16.9. The molecule has 7 nitrogen and oxygen atoms in total. The number of hydrogen-bond donors (Lipinski definition) is 1. The fourth-order valence-electron chi connectivity index (χ4n) is 4.10. The van der Waals surface area contributed by atoms with E-state index < -0.39 is 15.8 Å². The fourth-order valence-corrected chi connectivity index (χ4v) is 5.13. The molecule has 0 fully saturated rings. The monoisotopic (exact) mass is 495 g/mol. The van der Waals surface area contributed by atoms with Crippen molar-refractivity contribution in [3.05, 3.63) is 95.7 Å². The van der Waals surface area contributed by atoms with Crippen LogP contribution in [0.4, 0.5) is 4.39 Å². The molecule has 2 heterocycles. The molecule has 4 rings (SSSR count). The minimum atomic E-state index is -3.76. The molecule has 182 valence electrons. The van der Waals surface area contributed by atoms with Crippen molar-refractivity contribution >= 4 is 26.9 Å². The Kier molecular flexibility index (Phi) is 7.57. The average molecular weight is 496 g/mol. The van der Waals surface area contributed by atoms with Gasteiger partial charge in [-0.25, -0.2) is 17.5 Å². The van der Waals surface area contributed by atoms with E-state index in [-0.39, 0.29) is 23.8 Å². The number of rotatable bonds is 10. The van der Waals surface area contributed by atoms with Crippen LogP contribution in [0.15, 0.2) is 78.1 Å². The largest absolute Gasteiger partial charge is 0.469 e. The molecule has 2 aromatic carbocycles. The van der Waals surface area contributed by atoms with E-state index in [1.54, 1.807) is 6.20 Å². The van der Waals surface area contributed by atoms with E-state index in [9.17, 15) is 17.6 Å². The summed E-state index contributed by atoms with van der Waals surface area (Å²) in [4.78, 5) is 15.9. The van der Waals surface area contributed by atoms with Crippen molar-refractivity contribution in [2.45, 2.75) is 30.7 Å². The van der Waals surface area contributed by atoms with E-state index in [0.717, 1.165) is 39.7 Å². The molecule has 0 aliphatic carbocycles. The molecule has 0 aliphatic heterocycles. The Hall–Kier alpha value is -3.56. The number of methoxy groups -OCH3 is 1. The third-order valence-electron chi connectivity index (χ3n) is 5.78. The van der Waals surface area contributed by atoms with E-state index >= 15 is 0 Å². The number of benzene rings is 2. The van der Waals surface area contributed by atoms with Crippen LogP contribution in [-0.2, 0) is 38.9 Å². The highest BCUT2D eigenvalue weighted by molar-refractivity contribution is 7.89. The summed E-state index contributed by atoms with van der Waals surface area (Å²) in [6.45, 7) is 0.648. The third kappa shape index (κ3) is 5.93. The lowest BCUT2D eigenvalue weighted by Crippen LogP contribution is -2.26. The van der Waals surface area contributed by atoms with Crippen LogP contribution in [0.1, 0.15) is 23.1 Å². The highest BCUT2D eigenvalue weighted by Gasteiger charge is 2.16. The number of nitrogens with one attached hydrogen (secondary N) is 1. The number of halogens is 1. The number of aromatic nitrogens is 2. The fraction of sp³-hybridized carbons (Fsp3) is 0.231. The molecule has 0 spiro atoms. The maximum atomic E-state index is 13.2. The topological polar surface area (TPSA) is 90.3 Å². The van der Waals surface area contributed by atoms with E-state index in [4.69, 9.17) is 4.74 Å². The van der Waals surface area contributed by atoms with Crippen LogP contribution in [0.5, 0.6) is 0 Å². The number of ether oxygens (including phenoxy) is 1. The maximum absolute atomic E-state index is 13.2. The van der Waals surface area contributed by atoms with Gasteiger partial charge in [-0.1, -0.05) is 18.2 Å². The number of sulfonamides is 1. The normalized spacial score (nSPS) is 11.6. The van der Waals surface area contributed by atoms with Crippen LogP contribution in [0.3, 0.4) is 0 Å². The van der Waals surface area contributed by atoms with Gasteiger partial charge in [0.1, 0.15) is 5.82 Å². The van der Waals surface area contributed by atoms with Crippen LogP contribution < -0.4 is 4.72 Å². The summed E-state index contributed by atoms with van der Waals surface area (Å²) in [6, 6.07) is 14.5. The van der Waals surface area contributed by atoms with Gasteiger partial charge in [-0.15, -0.1) is 0 Å². The Balaban J connectivity index is 1.61. The molecule has 2 aromatic heterocycles. The molecule has 1 N–H and O–H groups in total. The summed E-state index contributed by atoms with van der Waals surface area (Å²) in [6.07, 6.45) is 6.92. The van der Waals surface area contributed by atoms with Crippen molar-refractivity contribution in [2.24, 2.45) is 0 Å². The van der Waals surface area contributed by atoms with Crippen molar-refractivity contribution in [3.8, 4) is 0 Å². The predicted octanol–water partition coefficient (Wildman–Crippen LogP) is 3.85. The molecule has 9 heteroatoms. The highest BCUT2D eigenvalue weighted by Crippen LogP contribution is 2.28. The number of carbonyl (C=O) groups is 1. The predicted molar refractivity (Wildman–Crippen MR) is 131 cm³/mol. The average Bonchev–Trinajstić information content (AvgIpc) is 3.21. The lowest BCUT2D eigenvalue weighted by Gasteiger charge is -2.10. The molecule has 0 amide bonds. The van der Waals surface area contributed by atoms with Crippen LogP contribution >= 0.6 is 0 Å². The molecule has 0 unspecified atom stereocenters. The van der Waals surface area contributed by atoms with Gasteiger partial charge in [0, 0.05) is 49.0 Å². The quantitative estimate of drug-likeness (QED) is 0.338. The Morgan fingerprint density at radius 1 is 1.09 bits per heavy atom. The van der Waals surface area contributed by atoms with Crippen molar-refractivity contribution in [3.63, 3.8) is 0 Å². The number of nitrogens with zero attached hydrogens (tertiary/aromatic N) is 2. The first-order valence-electron chi connectivity index (χ1n) is 11.2. The molecular weight excluding hydrogens is 469 g/mol. The molecule has 35 heavy (non-hydrogen) atoms. The second-order valence-corrected chi connectivity index (χ2v) is 9.89. The summed E-state index contributed by atoms with van der Waals surface area (Å²) in [5, 5.41) is 1.03. The van der Waals surface area contributed by atoms with Crippen LogP contribution in [-0.4, -0.2) is 37.6 Å². The zero-order valence-corrected chi connectivity index (χ0v) is 20.1. The smallest absolute Gasteiger partial charge is 0.307 e. The lowest BCUT2D eigenvalue weighted by atomic mass is 10.00. The Bertz CT molecular complexity index is 1420. The minimum Gasteiger partial charge on any atom is -0.469 e. The van der Waals surface area contributed by atoms with Gasteiger partial charge < -0.3 is 9.30 Å². The van der Waals surface area contributed by atoms with E-state index in [1.165, 1.54) is 19.2 Å². The third-order valence-corrected chi connectivity index (χ3v) is 7.26. The van der Waals surface area contributed by atoms with Crippen molar-refractivity contribution in [2.75, 3.05) is 13.7 Å². The van der Waals surface area contributed by atoms with Crippen molar-refractivity contribution in [1.82, 2.24) is 14.3 Å². The van der Waals surface area contributed by atoms with Gasteiger partial charge in [-0.2, -0.15) is 0 Å². The van der Waals surface area contributed by atoms with Gasteiger partial charge in [0.15, 0.2) is 0 Å². The number of hydrogen-bond acceptors (Lipinski definition) is 5. The Morgan fingerprint density at radius 3 is 2.60 bits per heavy atom. The van der Waals surface area contributed by atoms with Crippen LogP contribution in [0.25, 0.3) is 10.9 Å². The molecule has 0 atom stereocenters. The maximum Gasteiger partial charge on any atom is 0.307 e. The van der Waals surface area contributed by atoms with Gasteiger partial charge in [0.2, 0.25) is 10.0 Å². The van der Waals surface area contributed by atoms with Gasteiger partial charge in [-0.3, -0.25) is 9.78 Å². The summed E-state index contributed by atoms with van der Waals surface area (Å²) < 4.78 is 47.8. The summed E-state index contributed by atoms with van der Waals surface area (Å²) in [5.41, 5.74) is 4.06. The van der Waals surface area contributed by atoms with Gasteiger partial charge in [0.25, 0.3) is 0 Å². The molecular formula is C26H26FN3O4S. The first kappa shape index (κ1) is 24.6. The second-order valence-electron chi connectivity index (χ2n) is 8.12. The number of fused-ring (bicyclic) bond motifs is 1. The lowest BCUT2D eigenvalue weighted by molar-refractivity contribution is -0.140. The minimum absolute atomic E-state index is 0.0170. The summed E-state index contributed by atoms with van der Waals surface area (Å²) in [5.74, 6) is -0.777. The zero-order chi connectivity index (χ0) is 24.8. The van der Waals surface area contributed by atoms with Crippen molar-refractivity contribution < 1.29 is 22.3 Å². The number of pyridine rings is 1. The van der Waals surface area contributed by atoms with Crippen molar-refractivity contribution in [1.29, 1.82) is 0 Å². The van der Waals surface area contributed by atoms with Gasteiger partial charge >= 0.3 is 5.97 Å². The second kappa shape index (κ2) is 10.8. The van der Waals surface area contributed by atoms with Gasteiger partial charge in [-0.05, 0) is 59.5 Å². The Labute approximate surface area is 203 Å². The molecule has 0 radical (unpaired) electrons. The van der Waals surface area contributed by atoms with E-state index in [1.807, 2.05) is 47.3 Å². The number of esters is 1.